The predicted molar refractivity (Wildman–Crippen MR) is 70.6 cm³/mol. The smallest absolute Gasteiger partial charge is 0.108 e. The fraction of sp³-hybridized carbons (Fsp3) is 0.400. The van der Waals surface area contributed by atoms with E-state index in [4.69, 9.17) is 23.2 Å². The summed E-state index contributed by atoms with van der Waals surface area (Å²) in [7, 11) is 0. The maximum absolute atomic E-state index is 5.95. The summed E-state index contributed by atoms with van der Waals surface area (Å²) in [5, 5.41) is 0. The first kappa shape index (κ1) is 12.6. The van der Waals surface area contributed by atoms with Crippen molar-refractivity contribution in [2.45, 2.75) is 13.8 Å². The van der Waals surface area contributed by atoms with Crippen molar-refractivity contribution in [2.24, 2.45) is 5.92 Å². The van der Waals surface area contributed by atoms with Gasteiger partial charge in [0.05, 0.1) is 0 Å². The second kappa shape index (κ2) is 5.55. The predicted octanol–water partition coefficient (Wildman–Crippen LogP) is 5.44. The molecule has 0 radical (unpaired) electrons. The number of hydrogen-bond donors (Lipinski definition) is 0. The molecule has 1 aromatic heterocycles. The third-order valence-electron chi connectivity index (χ3n) is 1.89. The summed E-state index contributed by atoms with van der Waals surface area (Å²) in [5.74, 6) is 1.05. The number of alkyl halides is 1. The van der Waals surface area contributed by atoms with E-state index in [1.54, 1.807) is 11.3 Å². The van der Waals surface area contributed by atoms with Crippen LogP contribution in [0.5, 0.6) is 0 Å². The molecule has 14 heavy (non-hydrogen) atoms. The van der Waals surface area contributed by atoms with Crippen molar-refractivity contribution < 1.29 is 0 Å². The SMILES string of the molecule is CC(C)C(=Cc1cc(Br)c(Cl)s1)CCl. The van der Waals surface area contributed by atoms with E-state index < -0.39 is 0 Å². The van der Waals surface area contributed by atoms with Gasteiger partial charge in [-0.15, -0.1) is 22.9 Å². The summed E-state index contributed by atoms with van der Waals surface area (Å²) in [6, 6.07) is 2.02. The first-order chi connectivity index (χ1) is 6.54. The Balaban J connectivity index is 2.94. The number of hydrogen-bond acceptors (Lipinski definition) is 1. The van der Waals surface area contributed by atoms with Crippen molar-refractivity contribution in [3.8, 4) is 0 Å². The molecule has 0 aliphatic carbocycles. The molecule has 0 aromatic carbocycles. The molecule has 1 heterocycles. The van der Waals surface area contributed by atoms with E-state index in [1.165, 1.54) is 5.57 Å². The Morgan fingerprint density at radius 1 is 1.64 bits per heavy atom. The van der Waals surface area contributed by atoms with Gasteiger partial charge in [-0.3, -0.25) is 0 Å². The van der Waals surface area contributed by atoms with Crippen LogP contribution in [-0.4, -0.2) is 5.88 Å². The lowest BCUT2D eigenvalue weighted by Crippen LogP contribution is -1.94. The Morgan fingerprint density at radius 2 is 2.29 bits per heavy atom. The minimum atomic E-state index is 0.479. The van der Waals surface area contributed by atoms with Gasteiger partial charge in [0.15, 0.2) is 0 Å². The van der Waals surface area contributed by atoms with Gasteiger partial charge in [-0.25, -0.2) is 0 Å². The van der Waals surface area contributed by atoms with Gasteiger partial charge in [0, 0.05) is 15.2 Å². The molecule has 0 aliphatic rings. The Bertz CT molecular complexity index is 322. The zero-order valence-corrected chi connectivity index (χ0v) is 11.9. The third kappa shape index (κ3) is 3.27. The van der Waals surface area contributed by atoms with Crippen LogP contribution in [0.1, 0.15) is 18.7 Å². The van der Waals surface area contributed by atoms with E-state index in [1.807, 2.05) is 6.07 Å². The lowest BCUT2D eigenvalue weighted by atomic mass is 10.0. The van der Waals surface area contributed by atoms with Crippen molar-refractivity contribution >= 4 is 56.5 Å². The van der Waals surface area contributed by atoms with Crippen LogP contribution >= 0.6 is 50.5 Å². The molecule has 0 fully saturated rings. The molecule has 0 saturated carbocycles. The van der Waals surface area contributed by atoms with Crippen LogP contribution in [0.3, 0.4) is 0 Å². The lowest BCUT2D eigenvalue weighted by molar-refractivity contribution is 0.778. The van der Waals surface area contributed by atoms with Crippen LogP contribution in [0, 0.1) is 5.92 Å². The average molecular weight is 314 g/mol. The summed E-state index contributed by atoms with van der Waals surface area (Å²) in [5.41, 5.74) is 1.23. The quantitative estimate of drug-likeness (QED) is 0.652. The molecule has 78 valence electrons. The Labute approximate surface area is 107 Å². The van der Waals surface area contributed by atoms with E-state index >= 15 is 0 Å². The molecule has 1 rings (SSSR count). The van der Waals surface area contributed by atoms with Crippen molar-refractivity contribution in [1.29, 1.82) is 0 Å². The van der Waals surface area contributed by atoms with E-state index in [9.17, 15) is 0 Å². The second-order valence-corrected chi connectivity index (χ2v) is 6.09. The summed E-state index contributed by atoms with van der Waals surface area (Å²) in [6.07, 6.45) is 2.11. The number of halogens is 3. The molecule has 0 aliphatic heterocycles. The van der Waals surface area contributed by atoms with Crippen LogP contribution in [-0.2, 0) is 0 Å². The van der Waals surface area contributed by atoms with Gasteiger partial charge >= 0.3 is 0 Å². The Hall–Kier alpha value is 0.500. The highest BCUT2D eigenvalue weighted by molar-refractivity contribution is 9.10. The normalized spacial score (nSPS) is 12.6. The van der Waals surface area contributed by atoms with Crippen molar-refractivity contribution in [1.82, 2.24) is 0 Å². The van der Waals surface area contributed by atoms with Gasteiger partial charge in [-0.1, -0.05) is 31.0 Å². The van der Waals surface area contributed by atoms with Crippen LogP contribution in [0.15, 0.2) is 16.1 Å². The fourth-order valence-electron chi connectivity index (χ4n) is 0.977. The highest BCUT2D eigenvalue weighted by Crippen LogP contribution is 2.33. The topological polar surface area (TPSA) is 0 Å². The zero-order chi connectivity index (χ0) is 10.7. The number of thiophene rings is 1. The van der Waals surface area contributed by atoms with Crippen molar-refractivity contribution in [2.75, 3.05) is 5.88 Å². The van der Waals surface area contributed by atoms with E-state index in [0.29, 0.717) is 11.8 Å². The number of rotatable bonds is 3. The molecular weight excluding hydrogens is 303 g/mol. The maximum atomic E-state index is 5.95. The molecule has 0 amide bonds. The third-order valence-corrected chi connectivity index (χ3v) is 4.62. The van der Waals surface area contributed by atoms with Crippen LogP contribution < -0.4 is 0 Å². The summed E-state index contributed by atoms with van der Waals surface area (Å²) < 4.78 is 1.74. The van der Waals surface area contributed by atoms with Crippen LogP contribution in [0.4, 0.5) is 0 Å². The molecule has 0 bridgehead atoms. The minimum Gasteiger partial charge on any atom is -0.123 e. The molecular formula is C10H11BrCl2S. The highest BCUT2D eigenvalue weighted by Gasteiger charge is 2.05. The van der Waals surface area contributed by atoms with E-state index in [0.717, 1.165) is 13.7 Å². The summed E-state index contributed by atoms with van der Waals surface area (Å²) in [6.45, 7) is 4.27. The van der Waals surface area contributed by atoms with E-state index in [-0.39, 0.29) is 0 Å². The first-order valence-corrected chi connectivity index (χ1v) is 6.78. The van der Waals surface area contributed by atoms with Gasteiger partial charge in [0.1, 0.15) is 4.34 Å². The molecule has 0 unspecified atom stereocenters. The second-order valence-electron chi connectivity index (χ2n) is 3.28. The summed E-state index contributed by atoms with van der Waals surface area (Å²) >= 11 is 16.7. The summed E-state index contributed by atoms with van der Waals surface area (Å²) in [4.78, 5) is 1.14. The average Bonchev–Trinajstić information content (AvgIpc) is 2.41. The zero-order valence-electron chi connectivity index (χ0n) is 7.98. The van der Waals surface area contributed by atoms with Crippen molar-refractivity contribution in [3.63, 3.8) is 0 Å². The monoisotopic (exact) mass is 312 g/mol. The molecule has 0 spiro atoms. The standard InChI is InChI=1S/C10H11BrCl2S/c1-6(2)7(5-12)3-8-4-9(11)10(13)14-8/h3-4,6H,5H2,1-2H3. The fourth-order valence-corrected chi connectivity index (χ4v) is 3.08. The van der Waals surface area contributed by atoms with Crippen LogP contribution in [0.25, 0.3) is 6.08 Å². The van der Waals surface area contributed by atoms with Crippen molar-refractivity contribution in [3.05, 3.63) is 25.3 Å². The molecule has 0 N–H and O–H groups in total. The van der Waals surface area contributed by atoms with Crippen LogP contribution in [0.2, 0.25) is 4.34 Å². The van der Waals surface area contributed by atoms with E-state index in [2.05, 4.69) is 35.9 Å². The van der Waals surface area contributed by atoms with Gasteiger partial charge < -0.3 is 0 Å². The molecule has 0 atom stereocenters. The van der Waals surface area contributed by atoms with Gasteiger partial charge in [-0.2, -0.15) is 0 Å². The maximum Gasteiger partial charge on any atom is 0.108 e. The van der Waals surface area contributed by atoms with Gasteiger partial charge in [-0.05, 0) is 34.0 Å². The Kier molecular flexibility index (Phi) is 4.98. The molecule has 1 aromatic rings. The largest absolute Gasteiger partial charge is 0.123 e. The molecule has 0 saturated heterocycles. The molecule has 0 nitrogen and oxygen atoms in total. The Morgan fingerprint density at radius 3 is 2.64 bits per heavy atom. The lowest BCUT2D eigenvalue weighted by Gasteiger charge is -2.05. The highest BCUT2D eigenvalue weighted by atomic mass is 79.9. The molecule has 4 heteroatoms. The number of allylic oxidation sites excluding steroid dienone is 1. The first-order valence-electron chi connectivity index (χ1n) is 4.26. The minimum absolute atomic E-state index is 0.479. The van der Waals surface area contributed by atoms with Gasteiger partial charge in [0.2, 0.25) is 0 Å². The van der Waals surface area contributed by atoms with Gasteiger partial charge in [0.25, 0.3) is 0 Å².